The van der Waals surface area contributed by atoms with Crippen molar-refractivity contribution in [1.29, 1.82) is 0 Å². The number of para-hydroxylation sites is 2. The summed E-state index contributed by atoms with van der Waals surface area (Å²) in [4.78, 5) is 2.38. The van der Waals surface area contributed by atoms with Crippen LogP contribution >= 0.6 is 11.3 Å². The minimum absolute atomic E-state index is 0.875. The topological polar surface area (TPSA) is 16.4 Å². The molecular weight excluding hydrogens is 615 g/mol. The van der Waals surface area contributed by atoms with Gasteiger partial charge in [0.05, 0.1) is 5.69 Å². The number of anilines is 3. The van der Waals surface area contributed by atoms with Crippen molar-refractivity contribution < 1.29 is 4.42 Å². The third-order valence-electron chi connectivity index (χ3n) is 9.69. The van der Waals surface area contributed by atoms with Gasteiger partial charge in [0.25, 0.3) is 0 Å². The molecule has 49 heavy (non-hydrogen) atoms. The average Bonchev–Trinajstić information content (AvgIpc) is 3.74. The SMILES string of the molecule is c1ccc(N(c2ccc(-c3cccc4ccccc34)cc2)c2ccc3c(c2)oc2ccccc23)c(-c2cccc3c2sc2ccccc23)c1. The predicted molar refractivity (Wildman–Crippen MR) is 210 cm³/mol. The van der Waals surface area contributed by atoms with Gasteiger partial charge in [0, 0.05) is 59.5 Å². The zero-order chi connectivity index (χ0) is 32.3. The lowest BCUT2D eigenvalue weighted by Gasteiger charge is -2.28. The summed E-state index contributed by atoms with van der Waals surface area (Å²) >= 11 is 1.87. The summed E-state index contributed by atoms with van der Waals surface area (Å²) in [5.74, 6) is 0. The number of hydrogen-bond acceptors (Lipinski definition) is 3. The monoisotopic (exact) mass is 643 g/mol. The van der Waals surface area contributed by atoms with Crippen LogP contribution in [-0.2, 0) is 0 Å². The second kappa shape index (κ2) is 11.2. The van der Waals surface area contributed by atoms with E-state index in [1.807, 2.05) is 23.5 Å². The average molecular weight is 644 g/mol. The molecule has 0 saturated carbocycles. The summed E-state index contributed by atoms with van der Waals surface area (Å²) < 4.78 is 9.02. The molecule has 0 atom stereocenters. The Morgan fingerprint density at radius 3 is 1.96 bits per heavy atom. The highest BCUT2D eigenvalue weighted by Crippen LogP contribution is 2.47. The number of benzene rings is 8. The molecule has 0 spiro atoms. The molecule has 0 aliphatic carbocycles. The van der Waals surface area contributed by atoms with E-state index in [4.69, 9.17) is 4.42 Å². The molecule has 2 heterocycles. The van der Waals surface area contributed by atoms with E-state index in [-0.39, 0.29) is 0 Å². The molecule has 10 rings (SSSR count). The number of nitrogens with zero attached hydrogens (tertiary/aromatic N) is 1. The first kappa shape index (κ1) is 27.9. The first-order valence-electron chi connectivity index (χ1n) is 16.6. The molecule has 8 aromatic carbocycles. The Balaban J connectivity index is 1.18. The van der Waals surface area contributed by atoms with Crippen molar-refractivity contribution in [3.8, 4) is 22.3 Å². The maximum absolute atomic E-state index is 6.41. The lowest BCUT2D eigenvalue weighted by atomic mass is 9.97. The fraction of sp³-hybridized carbons (Fsp3) is 0. The van der Waals surface area contributed by atoms with Gasteiger partial charge in [0.15, 0.2) is 0 Å². The van der Waals surface area contributed by atoms with E-state index in [2.05, 4.69) is 169 Å². The molecule has 0 amide bonds. The third-order valence-corrected chi connectivity index (χ3v) is 10.9. The second-order valence-electron chi connectivity index (χ2n) is 12.5. The molecule has 230 valence electrons. The number of fused-ring (bicyclic) bond motifs is 7. The van der Waals surface area contributed by atoms with Crippen LogP contribution in [0.25, 0.3) is 75.1 Å². The lowest BCUT2D eigenvalue weighted by Crippen LogP contribution is -2.11. The van der Waals surface area contributed by atoms with Crippen LogP contribution < -0.4 is 4.90 Å². The predicted octanol–water partition coefficient (Wildman–Crippen LogP) is 13.9. The highest BCUT2D eigenvalue weighted by molar-refractivity contribution is 7.26. The third kappa shape index (κ3) is 4.55. The normalized spacial score (nSPS) is 11.7. The molecule has 2 aromatic heterocycles. The van der Waals surface area contributed by atoms with Crippen LogP contribution in [0.4, 0.5) is 17.1 Å². The minimum Gasteiger partial charge on any atom is -0.456 e. The van der Waals surface area contributed by atoms with Crippen LogP contribution in [0.2, 0.25) is 0 Å². The fourth-order valence-electron chi connectivity index (χ4n) is 7.40. The molecule has 0 N–H and O–H groups in total. The Hall–Kier alpha value is -6.16. The lowest BCUT2D eigenvalue weighted by molar-refractivity contribution is 0.669. The Morgan fingerprint density at radius 2 is 1.04 bits per heavy atom. The molecule has 10 aromatic rings. The number of rotatable bonds is 5. The standard InChI is InChI=1S/C46H29NOS/c1-2-13-34-30(11-1)12-9-17-35(34)31-23-25-32(26-24-31)47(33-27-28-38-37-15-4-7-21-43(37)48-44(38)29-33)42-20-6-3-14-36(42)40-18-10-19-41-39-16-5-8-22-45(39)49-46(40)41/h1-29H. The second-order valence-corrected chi connectivity index (χ2v) is 13.5. The molecule has 2 nitrogen and oxygen atoms in total. The summed E-state index contributed by atoms with van der Waals surface area (Å²) in [6, 6.07) is 63.2. The van der Waals surface area contributed by atoms with Gasteiger partial charge in [-0.2, -0.15) is 0 Å². The Kier molecular flexibility index (Phi) is 6.39. The van der Waals surface area contributed by atoms with E-state index in [0.29, 0.717) is 0 Å². The molecule has 0 radical (unpaired) electrons. The van der Waals surface area contributed by atoms with Gasteiger partial charge in [-0.1, -0.05) is 127 Å². The van der Waals surface area contributed by atoms with E-state index in [1.54, 1.807) is 0 Å². The van der Waals surface area contributed by atoms with Crippen molar-refractivity contribution in [3.05, 3.63) is 176 Å². The van der Waals surface area contributed by atoms with Crippen molar-refractivity contribution >= 4 is 81.3 Å². The molecule has 0 unspecified atom stereocenters. The van der Waals surface area contributed by atoms with E-state index >= 15 is 0 Å². The number of hydrogen-bond donors (Lipinski definition) is 0. The van der Waals surface area contributed by atoms with E-state index in [9.17, 15) is 0 Å². The Bertz CT molecular complexity index is 2840. The van der Waals surface area contributed by atoms with Crippen molar-refractivity contribution in [2.24, 2.45) is 0 Å². The number of thiophene rings is 1. The first-order chi connectivity index (χ1) is 24.3. The smallest absolute Gasteiger partial charge is 0.137 e. The Morgan fingerprint density at radius 1 is 0.408 bits per heavy atom. The van der Waals surface area contributed by atoms with Gasteiger partial charge < -0.3 is 9.32 Å². The fourth-order valence-corrected chi connectivity index (χ4v) is 8.63. The van der Waals surface area contributed by atoms with Gasteiger partial charge in [-0.25, -0.2) is 0 Å². The van der Waals surface area contributed by atoms with E-state index in [1.165, 1.54) is 53.2 Å². The van der Waals surface area contributed by atoms with Crippen LogP contribution in [0, 0.1) is 0 Å². The summed E-state index contributed by atoms with van der Waals surface area (Å²) in [5.41, 5.74) is 9.85. The highest BCUT2D eigenvalue weighted by atomic mass is 32.1. The maximum atomic E-state index is 6.41. The maximum Gasteiger partial charge on any atom is 0.137 e. The van der Waals surface area contributed by atoms with Gasteiger partial charge in [0.1, 0.15) is 11.2 Å². The van der Waals surface area contributed by atoms with Crippen LogP contribution in [0.5, 0.6) is 0 Å². The molecule has 0 bridgehead atoms. The summed E-state index contributed by atoms with van der Waals surface area (Å²) in [6.07, 6.45) is 0. The molecule has 0 fully saturated rings. The van der Waals surface area contributed by atoms with Gasteiger partial charge in [0.2, 0.25) is 0 Å². The Labute approximate surface area is 287 Å². The highest BCUT2D eigenvalue weighted by Gasteiger charge is 2.21. The van der Waals surface area contributed by atoms with Crippen molar-refractivity contribution in [2.45, 2.75) is 0 Å². The van der Waals surface area contributed by atoms with Crippen molar-refractivity contribution in [2.75, 3.05) is 4.90 Å². The zero-order valence-corrected chi connectivity index (χ0v) is 27.3. The molecular formula is C46H29NOS. The van der Waals surface area contributed by atoms with E-state index < -0.39 is 0 Å². The summed E-state index contributed by atoms with van der Waals surface area (Å²) in [7, 11) is 0. The van der Waals surface area contributed by atoms with Gasteiger partial charge >= 0.3 is 0 Å². The van der Waals surface area contributed by atoms with Crippen molar-refractivity contribution in [1.82, 2.24) is 0 Å². The first-order valence-corrected chi connectivity index (χ1v) is 17.4. The van der Waals surface area contributed by atoms with E-state index in [0.717, 1.165) is 39.0 Å². The molecule has 0 saturated heterocycles. The van der Waals surface area contributed by atoms with Crippen LogP contribution in [0.1, 0.15) is 0 Å². The minimum atomic E-state index is 0.875. The summed E-state index contributed by atoms with van der Waals surface area (Å²) in [5, 5.41) is 7.35. The number of furan rings is 1. The zero-order valence-electron chi connectivity index (χ0n) is 26.5. The van der Waals surface area contributed by atoms with Gasteiger partial charge in [-0.05, 0) is 64.4 Å². The van der Waals surface area contributed by atoms with Crippen molar-refractivity contribution in [3.63, 3.8) is 0 Å². The van der Waals surface area contributed by atoms with Gasteiger partial charge in [-0.15, -0.1) is 11.3 Å². The van der Waals surface area contributed by atoms with Crippen LogP contribution in [0.3, 0.4) is 0 Å². The quantitative estimate of drug-likeness (QED) is 0.186. The van der Waals surface area contributed by atoms with Gasteiger partial charge in [-0.3, -0.25) is 0 Å². The molecule has 0 aliphatic rings. The molecule has 3 heteroatoms. The largest absolute Gasteiger partial charge is 0.456 e. The molecule has 0 aliphatic heterocycles. The van der Waals surface area contributed by atoms with Crippen LogP contribution in [0.15, 0.2) is 180 Å². The van der Waals surface area contributed by atoms with Crippen LogP contribution in [-0.4, -0.2) is 0 Å². The summed E-state index contributed by atoms with van der Waals surface area (Å²) in [6.45, 7) is 0.